The minimum Gasteiger partial charge on any atom is -0.496 e. The Balaban J connectivity index is 2.83. The lowest BCUT2D eigenvalue weighted by atomic mass is 10.2. The summed E-state index contributed by atoms with van der Waals surface area (Å²) in [5.41, 5.74) is 0.454. The molecule has 1 aromatic carbocycles. The number of hydrogen-bond donors (Lipinski definition) is 3. The van der Waals surface area contributed by atoms with Gasteiger partial charge in [0.25, 0.3) is 0 Å². The molecule has 22 heavy (non-hydrogen) atoms. The Morgan fingerprint density at radius 3 is 2.59 bits per heavy atom. The Kier molecular flexibility index (Phi) is 6.94. The summed E-state index contributed by atoms with van der Waals surface area (Å²) in [5.74, 6) is -0.359. The number of rotatable bonds is 6. The second-order valence-electron chi connectivity index (χ2n) is 4.54. The van der Waals surface area contributed by atoms with Crippen molar-refractivity contribution in [2.45, 2.75) is 19.4 Å². The smallest absolute Gasteiger partial charge is 0.341 e. The average Bonchev–Trinajstić information content (AvgIpc) is 2.47. The topological polar surface area (TPSA) is 96.9 Å². The average molecular weight is 331 g/mol. The Bertz CT molecular complexity index is 548. The van der Waals surface area contributed by atoms with E-state index in [1.807, 2.05) is 0 Å². The van der Waals surface area contributed by atoms with Crippen LogP contribution in [0.3, 0.4) is 0 Å². The van der Waals surface area contributed by atoms with Crippen LogP contribution in [0.5, 0.6) is 5.75 Å². The van der Waals surface area contributed by atoms with Gasteiger partial charge in [-0.2, -0.15) is 0 Å². The van der Waals surface area contributed by atoms with E-state index in [-0.39, 0.29) is 16.3 Å². The second kappa shape index (κ2) is 8.45. The minimum absolute atomic E-state index is 0.162. The van der Waals surface area contributed by atoms with Crippen molar-refractivity contribution in [3.8, 4) is 5.75 Å². The zero-order valence-electron chi connectivity index (χ0n) is 12.6. The third kappa shape index (κ3) is 5.09. The van der Waals surface area contributed by atoms with Gasteiger partial charge in [0.05, 0.1) is 31.0 Å². The number of urea groups is 1. The molecule has 7 nitrogen and oxygen atoms in total. The summed E-state index contributed by atoms with van der Waals surface area (Å²) in [5, 5.41) is 14.4. The SMILES string of the molecule is COC(=O)c1cc(Cl)c(NC(=O)NCCC(C)O)cc1OC. The first-order chi connectivity index (χ1) is 10.4. The molecule has 0 saturated carbocycles. The third-order valence-corrected chi connectivity index (χ3v) is 3.10. The van der Waals surface area contributed by atoms with Crippen molar-refractivity contribution >= 4 is 29.3 Å². The molecule has 1 rings (SSSR count). The van der Waals surface area contributed by atoms with E-state index < -0.39 is 18.1 Å². The van der Waals surface area contributed by atoms with Crippen LogP contribution in [-0.2, 0) is 4.74 Å². The molecule has 0 fully saturated rings. The summed E-state index contributed by atoms with van der Waals surface area (Å²) in [7, 11) is 2.64. The molecule has 0 heterocycles. The largest absolute Gasteiger partial charge is 0.496 e. The summed E-state index contributed by atoms with van der Waals surface area (Å²) < 4.78 is 9.72. The fraction of sp³-hybridized carbons (Fsp3) is 0.429. The molecule has 2 amide bonds. The zero-order chi connectivity index (χ0) is 16.7. The van der Waals surface area contributed by atoms with Gasteiger partial charge in [0.15, 0.2) is 0 Å². The standard InChI is InChI=1S/C14H19ClN2O5/c1-8(18)4-5-16-14(20)17-11-7-12(21-2)9(6-10(11)15)13(19)22-3/h6-8,18H,4-5H2,1-3H3,(H2,16,17,20). The van der Waals surface area contributed by atoms with Crippen LogP contribution in [-0.4, -0.2) is 44.0 Å². The number of halogens is 1. The van der Waals surface area contributed by atoms with Crippen molar-refractivity contribution in [3.05, 3.63) is 22.7 Å². The van der Waals surface area contributed by atoms with Gasteiger partial charge in [-0.3, -0.25) is 0 Å². The number of esters is 1. The van der Waals surface area contributed by atoms with Crippen LogP contribution in [0.2, 0.25) is 5.02 Å². The third-order valence-electron chi connectivity index (χ3n) is 2.79. The van der Waals surface area contributed by atoms with Crippen LogP contribution in [0.15, 0.2) is 12.1 Å². The van der Waals surface area contributed by atoms with E-state index >= 15 is 0 Å². The number of methoxy groups -OCH3 is 2. The van der Waals surface area contributed by atoms with E-state index in [0.29, 0.717) is 18.7 Å². The number of carbonyl (C=O) groups is 2. The predicted octanol–water partition coefficient (Wildman–Crippen LogP) is 2.03. The number of aliphatic hydroxyl groups excluding tert-OH is 1. The summed E-state index contributed by atoms with van der Waals surface area (Å²) in [4.78, 5) is 23.3. The minimum atomic E-state index is -0.591. The molecule has 0 bridgehead atoms. The van der Waals surface area contributed by atoms with E-state index in [1.54, 1.807) is 6.92 Å². The van der Waals surface area contributed by atoms with Crippen LogP contribution < -0.4 is 15.4 Å². The first kappa shape index (κ1) is 18.1. The molecule has 0 aromatic heterocycles. The van der Waals surface area contributed by atoms with E-state index in [1.165, 1.54) is 26.4 Å². The molecule has 0 aliphatic rings. The fourth-order valence-electron chi connectivity index (χ4n) is 1.65. The lowest BCUT2D eigenvalue weighted by Gasteiger charge is -2.13. The maximum absolute atomic E-state index is 11.7. The highest BCUT2D eigenvalue weighted by Gasteiger charge is 2.17. The highest BCUT2D eigenvalue weighted by molar-refractivity contribution is 6.34. The van der Waals surface area contributed by atoms with E-state index in [9.17, 15) is 9.59 Å². The number of nitrogens with one attached hydrogen (secondary N) is 2. The summed E-state index contributed by atoms with van der Waals surface area (Å²) in [6, 6.07) is 2.32. The van der Waals surface area contributed by atoms with Crippen molar-refractivity contribution in [2.75, 3.05) is 26.1 Å². The molecule has 1 unspecified atom stereocenters. The second-order valence-corrected chi connectivity index (χ2v) is 4.95. The quantitative estimate of drug-likeness (QED) is 0.693. The molecule has 0 aliphatic heterocycles. The number of hydrogen-bond acceptors (Lipinski definition) is 5. The van der Waals surface area contributed by atoms with Crippen molar-refractivity contribution in [1.29, 1.82) is 0 Å². The van der Waals surface area contributed by atoms with Crippen molar-refractivity contribution in [3.63, 3.8) is 0 Å². The lowest BCUT2D eigenvalue weighted by Crippen LogP contribution is -2.31. The maximum atomic E-state index is 11.7. The van der Waals surface area contributed by atoms with Crippen LogP contribution >= 0.6 is 11.6 Å². The summed E-state index contributed by atoms with van der Waals surface area (Å²) in [6.45, 7) is 1.95. The molecule has 0 radical (unpaired) electrons. The number of aliphatic hydroxyl groups is 1. The normalized spacial score (nSPS) is 11.5. The van der Waals surface area contributed by atoms with Gasteiger partial charge in [-0.25, -0.2) is 9.59 Å². The highest BCUT2D eigenvalue weighted by atomic mass is 35.5. The van der Waals surface area contributed by atoms with Gasteiger partial charge in [-0.05, 0) is 19.4 Å². The van der Waals surface area contributed by atoms with Crippen LogP contribution in [0.4, 0.5) is 10.5 Å². The number of carbonyl (C=O) groups excluding carboxylic acids is 2. The van der Waals surface area contributed by atoms with Gasteiger partial charge < -0.3 is 25.2 Å². The number of amides is 2. The molecule has 0 saturated heterocycles. The summed E-state index contributed by atoms with van der Waals surface area (Å²) in [6.07, 6.45) is -0.0607. The molecule has 3 N–H and O–H groups in total. The van der Waals surface area contributed by atoms with E-state index in [4.69, 9.17) is 21.4 Å². The van der Waals surface area contributed by atoms with Crippen molar-refractivity contribution < 1.29 is 24.2 Å². The van der Waals surface area contributed by atoms with Gasteiger partial charge in [-0.15, -0.1) is 0 Å². The molecule has 122 valence electrons. The van der Waals surface area contributed by atoms with Crippen molar-refractivity contribution in [2.24, 2.45) is 0 Å². The van der Waals surface area contributed by atoms with Gasteiger partial charge >= 0.3 is 12.0 Å². The van der Waals surface area contributed by atoms with Gasteiger partial charge in [-0.1, -0.05) is 11.6 Å². The van der Waals surface area contributed by atoms with Crippen LogP contribution in [0.25, 0.3) is 0 Å². The molecule has 0 spiro atoms. The monoisotopic (exact) mass is 330 g/mol. The Hall–Kier alpha value is -1.99. The number of benzene rings is 1. The maximum Gasteiger partial charge on any atom is 0.341 e. The Labute approximate surface area is 133 Å². The Morgan fingerprint density at radius 1 is 1.36 bits per heavy atom. The first-order valence-corrected chi connectivity index (χ1v) is 6.95. The number of anilines is 1. The first-order valence-electron chi connectivity index (χ1n) is 6.57. The molecular formula is C14H19ClN2O5. The Morgan fingerprint density at radius 2 is 2.05 bits per heavy atom. The van der Waals surface area contributed by atoms with E-state index in [2.05, 4.69) is 15.4 Å². The number of ether oxygens (including phenoxy) is 2. The molecule has 8 heteroatoms. The van der Waals surface area contributed by atoms with Gasteiger partial charge in [0.2, 0.25) is 0 Å². The predicted molar refractivity (Wildman–Crippen MR) is 82.7 cm³/mol. The lowest BCUT2D eigenvalue weighted by molar-refractivity contribution is 0.0597. The highest BCUT2D eigenvalue weighted by Crippen LogP contribution is 2.31. The van der Waals surface area contributed by atoms with Gasteiger partial charge in [0.1, 0.15) is 11.3 Å². The molecular weight excluding hydrogens is 312 g/mol. The fourth-order valence-corrected chi connectivity index (χ4v) is 1.86. The molecule has 1 aromatic rings. The summed E-state index contributed by atoms with van der Waals surface area (Å²) >= 11 is 6.04. The molecule has 0 aliphatic carbocycles. The van der Waals surface area contributed by atoms with Gasteiger partial charge in [0, 0.05) is 12.6 Å². The van der Waals surface area contributed by atoms with Crippen LogP contribution in [0.1, 0.15) is 23.7 Å². The zero-order valence-corrected chi connectivity index (χ0v) is 13.4. The van der Waals surface area contributed by atoms with Crippen LogP contribution in [0, 0.1) is 0 Å². The molecule has 1 atom stereocenters. The van der Waals surface area contributed by atoms with E-state index in [0.717, 1.165) is 0 Å². The van der Waals surface area contributed by atoms with Crippen molar-refractivity contribution in [1.82, 2.24) is 5.32 Å².